The van der Waals surface area contributed by atoms with E-state index in [-0.39, 0.29) is 0 Å². The van der Waals surface area contributed by atoms with Gasteiger partial charge in [0.25, 0.3) is 0 Å². The highest BCUT2D eigenvalue weighted by atomic mass is 127. The summed E-state index contributed by atoms with van der Waals surface area (Å²) in [6.07, 6.45) is 0. The molecule has 0 spiro atoms. The van der Waals surface area contributed by atoms with E-state index in [2.05, 4.69) is 102 Å². The van der Waals surface area contributed by atoms with E-state index < -0.39 is 0 Å². The van der Waals surface area contributed by atoms with Gasteiger partial charge in [0, 0.05) is 3.57 Å². The number of halogens is 1. The van der Waals surface area contributed by atoms with Crippen LogP contribution in [0.4, 0.5) is 0 Å². The lowest BCUT2D eigenvalue weighted by atomic mass is 9.92. The zero-order chi connectivity index (χ0) is 15.1. The van der Waals surface area contributed by atoms with Crippen molar-refractivity contribution in [1.82, 2.24) is 0 Å². The van der Waals surface area contributed by atoms with Crippen molar-refractivity contribution in [3.05, 3.63) is 81.9 Å². The van der Waals surface area contributed by atoms with E-state index in [1.807, 2.05) is 0 Å². The van der Waals surface area contributed by atoms with Gasteiger partial charge in [0.2, 0.25) is 0 Å². The van der Waals surface area contributed by atoms with Crippen molar-refractivity contribution in [3.8, 4) is 11.1 Å². The molecule has 0 N–H and O–H groups in total. The van der Waals surface area contributed by atoms with Crippen molar-refractivity contribution >= 4 is 44.1 Å². The van der Waals surface area contributed by atoms with E-state index in [9.17, 15) is 0 Å². The first-order valence-electron chi connectivity index (χ1n) is 7.42. The molecule has 0 aliphatic heterocycles. The fourth-order valence-electron chi connectivity index (χ4n) is 3.18. The summed E-state index contributed by atoms with van der Waals surface area (Å²) in [5.41, 5.74) is 3.95. The summed E-state index contributed by atoms with van der Waals surface area (Å²) in [6, 6.07) is 26.3. The topological polar surface area (TPSA) is 0 Å². The summed E-state index contributed by atoms with van der Waals surface area (Å²) in [6.45, 7) is 2.18. The Balaban J connectivity index is 2.13. The first-order valence-corrected chi connectivity index (χ1v) is 8.49. The van der Waals surface area contributed by atoms with Crippen LogP contribution in [0.2, 0.25) is 0 Å². The predicted octanol–water partition coefficient (Wildman–Crippen LogP) is 6.57. The van der Waals surface area contributed by atoms with Gasteiger partial charge in [-0.3, -0.25) is 0 Å². The van der Waals surface area contributed by atoms with Crippen LogP contribution in [0.15, 0.2) is 72.8 Å². The zero-order valence-electron chi connectivity index (χ0n) is 12.3. The Morgan fingerprint density at radius 3 is 1.73 bits per heavy atom. The second-order valence-corrected chi connectivity index (χ2v) is 6.78. The molecule has 0 radical (unpaired) electrons. The van der Waals surface area contributed by atoms with Crippen molar-refractivity contribution in [2.75, 3.05) is 0 Å². The van der Waals surface area contributed by atoms with Gasteiger partial charge in [-0.1, -0.05) is 66.7 Å². The SMILES string of the molecule is Cc1ccc(-c2ccc(I)c3ccccc23)c2ccccc12. The predicted molar refractivity (Wildman–Crippen MR) is 104 cm³/mol. The van der Waals surface area contributed by atoms with Gasteiger partial charge in [0.05, 0.1) is 0 Å². The molecule has 4 rings (SSSR count). The molecule has 0 unspecified atom stereocenters. The van der Waals surface area contributed by atoms with Crippen molar-refractivity contribution in [1.29, 1.82) is 0 Å². The molecule has 0 aliphatic rings. The molecule has 0 amide bonds. The third kappa shape index (κ3) is 2.12. The van der Waals surface area contributed by atoms with Crippen molar-refractivity contribution < 1.29 is 0 Å². The Kier molecular flexibility index (Phi) is 3.38. The van der Waals surface area contributed by atoms with Gasteiger partial charge in [0.15, 0.2) is 0 Å². The number of benzene rings is 4. The van der Waals surface area contributed by atoms with Gasteiger partial charge >= 0.3 is 0 Å². The standard InChI is InChI=1S/C21H15I/c1-14-10-11-18(16-7-3-2-6-15(14)16)19-12-13-21(22)20-9-5-4-8-17(19)20/h2-13H,1H3. The average molecular weight is 394 g/mol. The maximum atomic E-state index is 2.42. The summed E-state index contributed by atoms with van der Waals surface area (Å²) in [4.78, 5) is 0. The molecule has 22 heavy (non-hydrogen) atoms. The summed E-state index contributed by atoms with van der Waals surface area (Å²) in [5.74, 6) is 0. The highest BCUT2D eigenvalue weighted by Gasteiger charge is 2.10. The summed E-state index contributed by atoms with van der Waals surface area (Å²) in [7, 11) is 0. The van der Waals surface area contributed by atoms with Crippen LogP contribution in [-0.2, 0) is 0 Å². The Morgan fingerprint density at radius 2 is 1.05 bits per heavy atom. The third-order valence-corrected chi connectivity index (χ3v) is 5.24. The average Bonchev–Trinajstić information content (AvgIpc) is 2.57. The molecule has 0 saturated heterocycles. The van der Waals surface area contributed by atoms with Gasteiger partial charge in [-0.25, -0.2) is 0 Å². The first kappa shape index (κ1) is 13.8. The summed E-state index contributed by atoms with van der Waals surface area (Å²) < 4.78 is 1.30. The molecule has 0 heterocycles. The van der Waals surface area contributed by atoms with Crippen molar-refractivity contribution in [2.24, 2.45) is 0 Å². The summed E-state index contributed by atoms with van der Waals surface area (Å²) in [5, 5.41) is 5.31. The molecule has 106 valence electrons. The zero-order valence-corrected chi connectivity index (χ0v) is 14.5. The minimum atomic E-state index is 1.30. The molecule has 0 atom stereocenters. The second-order valence-electron chi connectivity index (χ2n) is 5.62. The molecule has 0 aliphatic carbocycles. The summed E-state index contributed by atoms with van der Waals surface area (Å²) >= 11 is 2.42. The fourth-order valence-corrected chi connectivity index (χ4v) is 3.83. The second kappa shape index (κ2) is 5.40. The molecule has 0 nitrogen and oxygen atoms in total. The van der Waals surface area contributed by atoms with Gasteiger partial charge in [-0.2, -0.15) is 0 Å². The van der Waals surface area contributed by atoms with Gasteiger partial charge in [0.1, 0.15) is 0 Å². The number of rotatable bonds is 1. The Labute approximate surface area is 143 Å². The monoisotopic (exact) mass is 394 g/mol. The van der Waals surface area contributed by atoms with E-state index in [4.69, 9.17) is 0 Å². The number of hydrogen-bond acceptors (Lipinski definition) is 0. The van der Waals surface area contributed by atoms with E-state index in [1.165, 1.54) is 41.8 Å². The quantitative estimate of drug-likeness (QED) is 0.320. The van der Waals surface area contributed by atoms with E-state index >= 15 is 0 Å². The van der Waals surface area contributed by atoms with Crippen LogP contribution in [0.3, 0.4) is 0 Å². The fraction of sp³-hybridized carbons (Fsp3) is 0.0476. The smallest absolute Gasteiger partial charge is 0.0209 e. The van der Waals surface area contributed by atoms with E-state index in [0.29, 0.717) is 0 Å². The number of fused-ring (bicyclic) bond motifs is 2. The van der Waals surface area contributed by atoms with Crippen LogP contribution >= 0.6 is 22.6 Å². The maximum absolute atomic E-state index is 2.42. The molecule has 4 aromatic carbocycles. The van der Waals surface area contributed by atoms with E-state index in [1.54, 1.807) is 0 Å². The molecular formula is C21H15I. The van der Waals surface area contributed by atoms with Crippen LogP contribution in [0.25, 0.3) is 32.7 Å². The van der Waals surface area contributed by atoms with Crippen LogP contribution in [0, 0.1) is 10.5 Å². The largest absolute Gasteiger partial charge is 0.0616 e. The number of hydrogen-bond donors (Lipinski definition) is 0. The molecule has 0 aromatic heterocycles. The highest BCUT2D eigenvalue weighted by Crippen LogP contribution is 2.36. The molecule has 0 bridgehead atoms. The van der Waals surface area contributed by atoms with Gasteiger partial charge in [-0.05, 0) is 73.8 Å². The highest BCUT2D eigenvalue weighted by molar-refractivity contribution is 14.1. The van der Waals surface area contributed by atoms with Crippen molar-refractivity contribution in [2.45, 2.75) is 6.92 Å². The van der Waals surface area contributed by atoms with Crippen molar-refractivity contribution in [3.63, 3.8) is 0 Å². The normalized spacial score (nSPS) is 11.2. The van der Waals surface area contributed by atoms with Gasteiger partial charge in [-0.15, -0.1) is 0 Å². The molecule has 1 heteroatoms. The lowest BCUT2D eigenvalue weighted by molar-refractivity contribution is 1.53. The van der Waals surface area contributed by atoms with Crippen LogP contribution in [-0.4, -0.2) is 0 Å². The lowest BCUT2D eigenvalue weighted by Crippen LogP contribution is -1.87. The lowest BCUT2D eigenvalue weighted by Gasteiger charge is -2.12. The maximum Gasteiger partial charge on any atom is 0.0209 e. The number of aryl methyl sites for hydroxylation is 1. The molecule has 4 aromatic rings. The van der Waals surface area contributed by atoms with Crippen LogP contribution < -0.4 is 0 Å². The minimum absolute atomic E-state index is 1.30. The molecular weight excluding hydrogens is 379 g/mol. The van der Waals surface area contributed by atoms with Crippen LogP contribution in [0.1, 0.15) is 5.56 Å². The Bertz CT molecular complexity index is 916. The Hall–Kier alpha value is -1.87. The third-order valence-electron chi connectivity index (χ3n) is 4.30. The molecule has 0 saturated carbocycles. The van der Waals surface area contributed by atoms with Gasteiger partial charge < -0.3 is 0 Å². The first-order chi connectivity index (χ1) is 10.8. The van der Waals surface area contributed by atoms with Crippen LogP contribution in [0.5, 0.6) is 0 Å². The Morgan fingerprint density at radius 1 is 0.545 bits per heavy atom. The van der Waals surface area contributed by atoms with E-state index in [0.717, 1.165) is 0 Å². The molecule has 0 fully saturated rings. The minimum Gasteiger partial charge on any atom is -0.0616 e.